The Morgan fingerprint density at radius 1 is 1.26 bits per heavy atom. The fraction of sp³-hybridized carbons (Fsp3) is 0.381. The Bertz CT molecular complexity index is 799. The molecule has 0 spiro atoms. The van der Waals surface area contributed by atoms with E-state index in [0.29, 0.717) is 6.61 Å². The van der Waals surface area contributed by atoms with Gasteiger partial charge in [0, 0.05) is 24.7 Å². The van der Waals surface area contributed by atoms with Gasteiger partial charge < -0.3 is 14.8 Å². The molecule has 0 amide bonds. The van der Waals surface area contributed by atoms with Crippen molar-refractivity contribution in [2.75, 3.05) is 13.2 Å². The molecule has 2 atom stereocenters. The second-order valence-electron chi connectivity index (χ2n) is 6.73. The first-order chi connectivity index (χ1) is 13.4. The molecule has 0 radical (unpaired) electrons. The van der Waals surface area contributed by atoms with E-state index in [1.54, 1.807) is 22.7 Å². The number of ether oxygens (including phenoxy) is 2. The lowest BCUT2D eigenvalue weighted by atomic mass is 10.1. The number of hydrogen-bond acceptors (Lipinski definition) is 6. The highest BCUT2D eigenvalue weighted by Crippen LogP contribution is 2.23. The summed E-state index contributed by atoms with van der Waals surface area (Å²) in [4.78, 5) is 4.52. The molecule has 4 nitrogen and oxygen atoms in total. The zero-order chi connectivity index (χ0) is 18.3. The number of nitrogens with zero attached hydrogens (tertiary/aromatic N) is 1. The third-order valence-corrected chi connectivity index (χ3v) is 6.30. The smallest absolute Gasteiger partial charge is 0.119 e. The van der Waals surface area contributed by atoms with Crippen molar-refractivity contribution in [2.45, 2.75) is 38.0 Å². The maximum absolute atomic E-state index is 5.93. The Morgan fingerprint density at radius 2 is 2.26 bits per heavy atom. The van der Waals surface area contributed by atoms with Crippen molar-refractivity contribution < 1.29 is 9.47 Å². The van der Waals surface area contributed by atoms with Gasteiger partial charge in [0.05, 0.1) is 12.1 Å². The summed E-state index contributed by atoms with van der Waals surface area (Å²) in [6.07, 6.45) is 5.31. The lowest BCUT2D eigenvalue weighted by Crippen LogP contribution is -2.22. The van der Waals surface area contributed by atoms with Gasteiger partial charge in [0.25, 0.3) is 0 Å². The van der Waals surface area contributed by atoms with E-state index in [2.05, 4.69) is 45.3 Å². The monoisotopic (exact) mass is 400 g/mol. The highest BCUT2D eigenvalue weighted by Gasteiger charge is 2.17. The predicted octanol–water partition coefficient (Wildman–Crippen LogP) is 4.84. The lowest BCUT2D eigenvalue weighted by Gasteiger charge is -2.17. The third-order valence-electron chi connectivity index (χ3n) is 4.68. The second-order valence-corrected chi connectivity index (χ2v) is 8.44. The number of nitrogens with one attached hydrogen (secondary N) is 1. The molecule has 0 aliphatic carbocycles. The van der Waals surface area contributed by atoms with E-state index in [-0.39, 0.29) is 12.1 Å². The summed E-state index contributed by atoms with van der Waals surface area (Å²) in [7, 11) is 0. The van der Waals surface area contributed by atoms with Crippen molar-refractivity contribution >= 4 is 22.7 Å². The highest BCUT2D eigenvalue weighted by molar-refractivity contribution is 7.09. The summed E-state index contributed by atoms with van der Waals surface area (Å²) in [5, 5.41) is 11.2. The van der Waals surface area contributed by atoms with Crippen molar-refractivity contribution in [3.05, 3.63) is 68.8 Å². The van der Waals surface area contributed by atoms with Crippen LogP contribution in [0.5, 0.6) is 5.75 Å². The largest absolute Gasteiger partial charge is 0.491 e. The zero-order valence-corrected chi connectivity index (χ0v) is 16.8. The molecule has 3 heterocycles. The van der Waals surface area contributed by atoms with Gasteiger partial charge >= 0.3 is 0 Å². The minimum absolute atomic E-state index is 0.219. The molecule has 6 heteroatoms. The van der Waals surface area contributed by atoms with E-state index in [1.165, 1.54) is 11.1 Å². The van der Waals surface area contributed by atoms with Gasteiger partial charge in [-0.15, -0.1) is 11.3 Å². The molecule has 2 aromatic heterocycles. The molecular formula is C21H24N2O2S2. The number of aromatic nitrogens is 1. The maximum atomic E-state index is 5.93. The molecule has 0 saturated carbocycles. The molecule has 1 saturated heterocycles. The van der Waals surface area contributed by atoms with E-state index in [0.717, 1.165) is 43.2 Å². The first kappa shape index (κ1) is 18.6. The Hall–Kier alpha value is -1.73. The average Bonchev–Trinajstić information content (AvgIpc) is 3.47. The van der Waals surface area contributed by atoms with Crippen molar-refractivity contribution in [1.82, 2.24) is 10.3 Å². The van der Waals surface area contributed by atoms with Gasteiger partial charge in [0.2, 0.25) is 0 Å². The predicted molar refractivity (Wildman–Crippen MR) is 111 cm³/mol. The Balaban J connectivity index is 1.36. The number of rotatable bonds is 9. The number of hydrogen-bond donors (Lipinski definition) is 1. The summed E-state index contributed by atoms with van der Waals surface area (Å²) in [6, 6.07) is 10.7. The van der Waals surface area contributed by atoms with Crippen molar-refractivity contribution in [3.63, 3.8) is 0 Å². The SMILES string of the molecule is c1cc(CN[C@@H](Cc2ccsc2)c2nccs2)cc(OC[C@@H]2CCCO2)c1. The third kappa shape index (κ3) is 5.39. The Labute approximate surface area is 168 Å². The van der Waals surface area contributed by atoms with Gasteiger partial charge in [0.15, 0.2) is 0 Å². The van der Waals surface area contributed by atoms with Crippen LogP contribution in [0.25, 0.3) is 0 Å². The summed E-state index contributed by atoms with van der Waals surface area (Å²) >= 11 is 3.44. The second kappa shape index (κ2) is 9.46. The maximum Gasteiger partial charge on any atom is 0.119 e. The minimum Gasteiger partial charge on any atom is -0.491 e. The van der Waals surface area contributed by atoms with E-state index in [4.69, 9.17) is 9.47 Å². The van der Waals surface area contributed by atoms with Crippen molar-refractivity contribution in [2.24, 2.45) is 0 Å². The van der Waals surface area contributed by atoms with Gasteiger partial charge in [-0.05, 0) is 59.3 Å². The molecule has 1 aliphatic heterocycles. The van der Waals surface area contributed by atoms with E-state index < -0.39 is 0 Å². The fourth-order valence-corrected chi connectivity index (χ4v) is 4.64. The van der Waals surface area contributed by atoms with E-state index >= 15 is 0 Å². The molecule has 4 rings (SSSR count). The molecule has 0 bridgehead atoms. The quantitative estimate of drug-likeness (QED) is 0.558. The van der Waals surface area contributed by atoms with Crippen LogP contribution in [0.3, 0.4) is 0 Å². The van der Waals surface area contributed by atoms with Gasteiger partial charge in [-0.25, -0.2) is 4.98 Å². The molecule has 0 unspecified atom stereocenters. The molecule has 3 aromatic rings. The number of thiazole rings is 1. The van der Waals surface area contributed by atoms with Gasteiger partial charge in [-0.1, -0.05) is 12.1 Å². The molecule has 1 aromatic carbocycles. The van der Waals surface area contributed by atoms with Crippen molar-refractivity contribution in [1.29, 1.82) is 0 Å². The van der Waals surface area contributed by atoms with E-state index in [1.807, 2.05) is 17.6 Å². The van der Waals surface area contributed by atoms with Gasteiger partial charge in [-0.2, -0.15) is 11.3 Å². The summed E-state index contributed by atoms with van der Waals surface area (Å²) in [5.41, 5.74) is 2.56. The minimum atomic E-state index is 0.219. The molecule has 1 aliphatic rings. The topological polar surface area (TPSA) is 43.4 Å². The normalized spacial score (nSPS) is 17.9. The molecule has 1 fully saturated rings. The highest BCUT2D eigenvalue weighted by atomic mass is 32.1. The van der Waals surface area contributed by atoms with Crippen LogP contribution in [0.15, 0.2) is 52.7 Å². The summed E-state index contributed by atoms with van der Waals surface area (Å²) in [6.45, 7) is 2.28. The van der Waals surface area contributed by atoms with Crippen LogP contribution >= 0.6 is 22.7 Å². The van der Waals surface area contributed by atoms with Crippen LogP contribution in [0, 0.1) is 0 Å². The zero-order valence-electron chi connectivity index (χ0n) is 15.2. The van der Waals surface area contributed by atoms with Gasteiger partial charge in [0.1, 0.15) is 17.4 Å². The van der Waals surface area contributed by atoms with Crippen LogP contribution in [-0.2, 0) is 17.7 Å². The first-order valence-electron chi connectivity index (χ1n) is 9.34. The van der Waals surface area contributed by atoms with E-state index in [9.17, 15) is 0 Å². The first-order valence-corrected chi connectivity index (χ1v) is 11.2. The van der Waals surface area contributed by atoms with Crippen LogP contribution in [-0.4, -0.2) is 24.3 Å². The standard InChI is InChI=1S/C21H24N2O2S2/c1-3-16(11-18(4-1)25-14-19-5-2-8-24-19)13-23-20(21-22-7-10-27-21)12-17-6-9-26-15-17/h1,3-4,6-7,9-11,15,19-20,23H,2,5,8,12-14H2/t19-,20-/m0/s1. The fourth-order valence-electron chi connectivity index (χ4n) is 3.25. The average molecular weight is 401 g/mol. The molecular weight excluding hydrogens is 376 g/mol. The van der Waals surface area contributed by atoms with Crippen LogP contribution < -0.4 is 10.1 Å². The Morgan fingerprint density at radius 3 is 3.04 bits per heavy atom. The summed E-state index contributed by atoms with van der Waals surface area (Å²) in [5.74, 6) is 0.911. The van der Waals surface area contributed by atoms with Crippen molar-refractivity contribution in [3.8, 4) is 5.75 Å². The molecule has 27 heavy (non-hydrogen) atoms. The molecule has 1 N–H and O–H groups in total. The number of thiophene rings is 1. The summed E-state index contributed by atoms with van der Waals surface area (Å²) < 4.78 is 11.6. The van der Waals surface area contributed by atoms with Crippen LogP contribution in [0.4, 0.5) is 0 Å². The van der Waals surface area contributed by atoms with Crippen LogP contribution in [0.1, 0.15) is 35.0 Å². The lowest BCUT2D eigenvalue weighted by molar-refractivity contribution is 0.0679. The molecule has 142 valence electrons. The Kier molecular flexibility index (Phi) is 6.53. The van der Waals surface area contributed by atoms with Gasteiger partial charge in [-0.3, -0.25) is 0 Å². The number of benzene rings is 1. The van der Waals surface area contributed by atoms with Crippen LogP contribution in [0.2, 0.25) is 0 Å².